The van der Waals surface area contributed by atoms with E-state index in [0.29, 0.717) is 41.9 Å². The summed E-state index contributed by atoms with van der Waals surface area (Å²) in [7, 11) is -2.19. The third-order valence-corrected chi connectivity index (χ3v) is 8.70. The van der Waals surface area contributed by atoms with Gasteiger partial charge < -0.3 is 15.0 Å². The van der Waals surface area contributed by atoms with Crippen LogP contribution in [0.4, 0.5) is 5.00 Å². The molecule has 7 nitrogen and oxygen atoms in total. The number of hydrogen-bond donors (Lipinski definition) is 1. The van der Waals surface area contributed by atoms with Crippen molar-refractivity contribution in [3.8, 4) is 10.4 Å². The summed E-state index contributed by atoms with van der Waals surface area (Å²) in [5.41, 5.74) is 1.40. The quantitative estimate of drug-likeness (QED) is 0.420. The predicted octanol–water partition coefficient (Wildman–Crippen LogP) is 3.91. The number of nitrogens with one attached hydrogen (secondary N) is 1. The van der Waals surface area contributed by atoms with Gasteiger partial charge in [0.1, 0.15) is 5.00 Å². The Kier molecular flexibility index (Phi) is 7.08. The first-order valence-electron chi connectivity index (χ1n) is 10.3. The van der Waals surface area contributed by atoms with Crippen LogP contribution < -0.4 is 5.32 Å². The van der Waals surface area contributed by atoms with E-state index in [2.05, 4.69) is 5.32 Å². The van der Waals surface area contributed by atoms with E-state index in [9.17, 15) is 13.2 Å². The van der Waals surface area contributed by atoms with Crippen LogP contribution in [-0.2, 0) is 14.8 Å². The van der Waals surface area contributed by atoms with E-state index >= 15 is 0 Å². The summed E-state index contributed by atoms with van der Waals surface area (Å²) in [6.45, 7) is 1.54. The molecule has 3 aromatic rings. The zero-order valence-electron chi connectivity index (χ0n) is 17.9. The van der Waals surface area contributed by atoms with Crippen LogP contribution in [0.25, 0.3) is 10.4 Å². The maximum atomic E-state index is 12.9. The molecule has 0 aliphatic carbocycles. The van der Waals surface area contributed by atoms with Gasteiger partial charge in [-0.25, -0.2) is 13.2 Å². The van der Waals surface area contributed by atoms with Gasteiger partial charge in [0.05, 0.1) is 17.6 Å². The van der Waals surface area contributed by atoms with Crippen molar-refractivity contribution in [3.63, 3.8) is 0 Å². The van der Waals surface area contributed by atoms with E-state index in [0.717, 1.165) is 10.4 Å². The number of benzene rings is 2. The van der Waals surface area contributed by atoms with Gasteiger partial charge in [-0.3, -0.25) is 0 Å². The molecule has 2 heterocycles. The zero-order chi connectivity index (χ0) is 23.4. The molecule has 1 fully saturated rings. The molecule has 1 aliphatic heterocycles. The molecular formula is C23H23N3O4S3. The highest BCUT2D eigenvalue weighted by Gasteiger charge is 2.29. The average Bonchev–Trinajstić information content (AvgIpc) is 3.28. The number of nitrogens with zero attached hydrogens (tertiary/aromatic N) is 2. The molecule has 0 amide bonds. The maximum absolute atomic E-state index is 12.9. The van der Waals surface area contributed by atoms with Crippen molar-refractivity contribution in [2.24, 2.45) is 0 Å². The van der Waals surface area contributed by atoms with Crippen molar-refractivity contribution in [1.29, 1.82) is 0 Å². The third kappa shape index (κ3) is 5.09. The summed E-state index contributed by atoms with van der Waals surface area (Å²) in [6.07, 6.45) is 0. The molecule has 0 radical (unpaired) electrons. The first-order chi connectivity index (χ1) is 15.9. The molecule has 0 saturated carbocycles. The fourth-order valence-electron chi connectivity index (χ4n) is 3.54. The Morgan fingerprint density at radius 1 is 1.00 bits per heavy atom. The van der Waals surface area contributed by atoms with Crippen molar-refractivity contribution in [2.45, 2.75) is 4.90 Å². The second-order valence-electron chi connectivity index (χ2n) is 7.35. The summed E-state index contributed by atoms with van der Waals surface area (Å²) in [6, 6.07) is 20.0. The summed E-state index contributed by atoms with van der Waals surface area (Å²) in [5, 5.41) is 4.22. The number of carbonyl (C=O) groups excluding carboxylic acids is 1. The lowest BCUT2D eigenvalue weighted by molar-refractivity contribution is 0.0602. The Morgan fingerprint density at radius 2 is 1.61 bits per heavy atom. The number of methoxy groups -OCH3 is 1. The molecule has 0 spiro atoms. The number of carbonyl (C=O) groups is 1. The van der Waals surface area contributed by atoms with E-state index < -0.39 is 16.0 Å². The number of thiophene rings is 1. The number of rotatable bonds is 5. The summed E-state index contributed by atoms with van der Waals surface area (Å²) in [4.78, 5) is 15.5. The van der Waals surface area contributed by atoms with Crippen molar-refractivity contribution < 1.29 is 17.9 Å². The van der Waals surface area contributed by atoms with Crippen LogP contribution in [0, 0.1) is 0 Å². The lowest BCUT2D eigenvalue weighted by Crippen LogP contribution is -2.51. The van der Waals surface area contributed by atoms with Gasteiger partial charge in [0, 0.05) is 31.1 Å². The molecule has 10 heteroatoms. The number of piperazine rings is 1. The largest absolute Gasteiger partial charge is 0.465 e. The lowest BCUT2D eigenvalue weighted by atomic mass is 10.1. The van der Waals surface area contributed by atoms with Gasteiger partial charge in [0.15, 0.2) is 5.11 Å². The average molecular weight is 502 g/mol. The fourth-order valence-corrected chi connectivity index (χ4v) is 6.38. The fraction of sp³-hybridized carbons (Fsp3) is 0.217. The monoisotopic (exact) mass is 501 g/mol. The number of thiocarbonyl (C=S) groups is 1. The normalized spacial score (nSPS) is 14.6. The summed E-state index contributed by atoms with van der Waals surface area (Å²) in [5.74, 6) is -0.447. The van der Waals surface area contributed by atoms with Crippen LogP contribution in [0.1, 0.15) is 10.4 Å². The smallest absolute Gasteiger partial charge is 0.340 e. The van der Waals surface area contributed by atoms with E-state index in [4.69, 9.17) is 17.0 Å². The van der Waals surface area contributed by atoms with E-state index in [1.807, 2.05) is 35.2 Å². The summed E-state index contributed by atoms with van der Waals surface area (Å²) >= 11 is 7.01. The Balaban J connectivity index is 1.46. The Bertz CT molecular complexity index is 1240. The van der Waals surface area contributed by atoms with Crippen LogP contribution in [0.5, 0.6) is 0 Å². The molecule has 0 bridgehead atoms. The Morgan fingerprint density at radius 3 is 2.21 bits per heavy atom. The SMILES string of the molecule is COC(=O)c1cc(-c2ccccc2)sc1NC(=S)N1CCN(S(=O)(=O)c2ccccc2)CC1. The molecule has 33 heavy (non-hydrogen) atoms. The van der Waals surface area contributed by atoms with Crippen LogP contribution in [0.15, 0.2) is 71.6 Å². The second kappa shape index (κ2) is 10.0. The molecular weight excluding hydrogens is 478 g/mol. The van der Waals surface area contributed by atoms with E-state index in [-0.39, 0.29) is 4.90 Å². The van der Waals surface area contributed by atoms with Gasteiger partial charge in [0.25, 0.3) is 0 Å². The van der Waals surface area contributed by atoms with Crippen molar-refractivity contribution in [3.05, 3.63) is 72.3 Å². The number of ether oxygens (including phenoxy) is 1. The first-order valence-corrected chi connectivity index (χ1v) is 13.0. The van der Waals surface area contributed by atoms with Gasteiger partial charge >= 0.3 is 5.97 Å². The molecule has 0 atom stereocenters. The van der Waals surface area contributed by atoms with Crippen LogP contribution in [-0.4, -0.2) is 62.0 Å². The topological polar surface area (TPSA) is 79.0 Å². The molecule has 1 saturated heterocycles. The third-order valence-electron chi connectivity index (χ3n) is 5.32. The molecule has 1 aliphatic rings. The van der Waals surface area contributed by atoms with Gasteiger partial charge in [-0.05, 0) is 36.0 Å². The minimum Gasteiger partial charge on any atom is -0.465 e. The Hall–Kier alpha value is -2.79. The number of sulfonamides is 1. The van der Waals surface area contributed by atoms with Crippen molar-refractivity contribution >= 4 is 49.7 Å². The van der Waals surface area contributed by atoms with Crippen molar-refractivity contribution in [1.82, 2.24) is 9.21 Å². The maximum Gasteiger partial charge on any atom is 0.340 e. The molecule has 172 valence electrons. The molecule has 4 rings (SSSR count). The van der Waals surface area contributed by atoms with Gasteiger partial charge in [-0.15, -0.1) is 11.3 Å². The highest BCUT2D eigenvalue weighted by atomic mass is 32.2. The van der Waals surface area contributed by atoms with Gasteiger partial charge in [-0.2, -0.15) is 4.31 Å². The molecule has 2 aromatic carbocycles. The van der Waals surface area contributed by atoms with Crippen LogP contribution >= 0.6 is 23.6 Å². The second-order valence-corrected chi connectivity index (χ2v) is 10.7. The standard InChI is InChI=1S/C23H23N3O4S3/c1-30-22(27)19-16-20(17-8-4-2-5-9-17)32-21(19)24-23(31)25-12-14-26(15-13-25)33(28,29)18-10-6-3-7-11-18/h2-11,16H,12-15H2,1H3,(H,24,31). The minimum atomic E-state index is -3.53. The number of esters is 1. The van der Waals surface area contributed by atoms with E-state index in [1.54, 1.807) is 36.4 Å². The van der Waals surface area contributed by atoms with Crippen LogP contribution in [0.2, 0.25) is 0 Å². The number of hydrogen-bond acceptors (Lipinski definition) is 6. The van der Waals surface area contributed by atoms with Gasteiger partial charge in [-0.1, -0.05) is 48.5 Å². The highest BCUT2D eigenvalue weighted by molar-refractivity contribution is 7.89. The van der Waals surface area contributed by atoms with E-state index in [1.165, 1.54) is 22.8 Å². The number of anilines is 1. The lowest BCUT2D eigenvalue weighted by Gasteiger charge is -2.35. The Labute approximate surface area is 202 Å². The molecule has 1 N–H and O–H groups in total. The first kappa shape index (κ1) is 23.4. The van der Waals surface area contributed by atoms with Crippen molar-refractivity contribution in [2.75, 3.05) is 38.6 Å². The molecule has 1 aromatic heterocycles. The highest BCUT2D eigenvalue weighted by Crippen LogP contribution is 2.36. The predicted molar refractivity (Wildman–Crippen MR) is 134 cm³/mol. The molecule has 0 unspecified atom stereocenters. The van der Waals surface area contributed by atoms with Crippen LogP contribution in [0.3, 0.4) is 0 Å². The minimum absolute atomic E-state index is 0.286. The summed E-state index contributed by atoms with van der Waals surface area (Å²) < 4.78 is 32.1. The van der Waals surface area contributed by atoms with Gasteiger partial charge in [0.2, 0.25) is 10.0 Å². The zero-order valence-corrected chi connectivity index (χ0v) is 20.4.